The summed E-state index contributed by atoms with van der Waals surface area (Å²) in [6, 6.07) is 5.50. The van der Waals surface area contributed by atoms with Gasteiger partial charge in [0.05, 0.1) is 10.6 Å². The lowest BCUT2D eigenvalue weighted by atomic mass is 10.3. The van der Waals surface area contributed by atoms with Crippen molar-refractivity contribution in [2.45, 2.75) is 37.1 Å². The molecule has 0 saturated carbocycles. The van der Waals surface area contributed by atoms with E-state index in [1.54, 1.807) is 13.8 Å². The summed E-state index contributed by atoms with van der Waals surface area (Å²) in [5.41, 5.74) is 0.671. The minimum absolute atomic E-state index is 0.0716. The van der Waals surface area contributed by atoms with Crippen molar-refractivity contribution < 1.29 is 16.8 Å². The van der Waals surface area contributed by atoms with E-state index in [1.165, 1.54) is 35.1 Å². The zero-order valence-electron chi connectivity index (χ0n) is 13.6. The van der Waals surface area contributed by atoms with Crippen LogP contribution in [0.3, 0.4) is 0 Å². The number of aromatic nitrogens is 2. The average molecular weight is 372 g/mol. The van der Waals surface area contributed by atoms with Crippen LogP contribution in [-0.2, 0) is 26.6 Å². The van der Waals surface area contributed by atoms with Gasteiger partial charge in [-0.05, 0) is 38.1 Å². The van der Waals surface area contributed by atoms with Crippen LogP contribution in [0.2, 0.25) is 0 Å². The monoisotopic (exact) mass is 372 g/mol. The summed E-state index contributed by atoms with van der Waals surface area (Å²) in [7, 11) is -7.36. The van der Waals surface area contributed by atoms with E-state index in [1.807, 2.05) is 6.92 Å². The minimum atomic E-state index is -3.79. The highest BCUT2D eigenvalue weighted by atomic mass is 32.2. The van der Waals surface area contributed by atoms with Crippen molar-refractivity contribution in [3.63, 3.8) is 0 Å². The molecule has 1 aromatic heterocycles. The first kappa shape index (κ1) is 18.4. The van der Waals surface area contributed by atoms with Crippen LogP contribution in [0.4, 0.5) is 5.69 Å². The Morgan fingerprint density at radius 1 is 1.04 bits per heavy atom. The predicted molar refractivity (Wildman–Crippen MR) is 90.8 cm³/mol. The lowest BCUT2D eigenvalue weighted by molar-refractivity contribution is 0.584. The number of benzene rings is 1. The molecule has 0 atom stereocenters. The molecule has 8 nitrogen and oxygen atoms in total. The topological polar surface area (TPSA) is 110 Å². The minimum Gasteiger partial charge on any atom is -0.280 e. The fraction of sp³-hybridized carbons (Fsp3) is 0.357. The van der Waals surface area contributed by atoms with Crippen molar-refractivity contribution >= 4 is 25.7 Å². The second kappa shape index (κ2) is 6.91. The summed E-state index contributed by atoms with van der Waals surface area (Å²) >= 11 is 0. The van der Waals surface area contributed by atoms with Crippen LogP contribution in [0.1, 0.15) is 19.5 Å². The number of nitrogens with zero attached hydrogens (tertiary/aromatic N) is 2. The van der Waals surface area contributed by atoms with Gasteiger partial charge in [-0.25, -0.2) is 21.6 Å². The van der Waals surface area contributed by atoms with Crippen LogP contribution in [-0.4, -0.2) is 33.2 Å². The molecule has 0 fully saturated rings. The number of sulfonamides is 2. The second-order valence-electron chi connectivity index (χ2n) is 5.07. The van der Waals surface area contributed by atoms with E-state index in [4.69, 9.17) is 0 Å². The van der Waals surface area contributed by atoms with Gasteiger partial charge < -0.3 is 0 Å². The van der Waals surface area contributed by atoms with Crippen molar-refractivity contribution in [3.05, 3.63) is 36.2 Å². The van der Waals surface area contributed by atoms with Gasteiger partial charge in [-0.3, -0.25) is 9.40 Å². The first-order valence-corrected chi connectivity index (χ1v) is 10.3. The Morgan fingerprint density at radius 2 is 1.67 bits per heavy atom. The Balaban J connectivity index is 2.26. The quantitative estimate of drug-likeness (QED) is 0.761. The molecule has 2 aromatic rings. The normalized spacial score (nSPS) is 12.3. The molecule has 0 radical (unpaired) electrons. The lowest BCUT2D eigenvalue weighted by Crippen LogP contribution is -2.23. The summed E-state index contributed by atoms with van der Waals surface area (Å²) in [6.07, 6.45) is 1.46. The standard InChI is InChI=1S/C14H20N4O4S2/c1-4-15-23(19,20)13-8-6-12(7-9-13)17-24(21,22)14-10-18(5-2)16-11(14)3/h6-10,15,17H,4-5H2,1-3H3. The molecule has 0 aliphatic heterocycles. The Bertz CT molecular complexity index is 916. The van der Waals surface area contributed by atoms with Gasteiger partial charge in [-0.15, -0.1) is 0 Å². The molecule has 0 unspecified atom stereocenters. The van der Waals surface area contributed by atoms with Gasteiger partial charge in [-0.2, -0.15) is 5.10 Å². The Hall–Kier alpha value is -1.91. The van der Waals surface area contributed by atoms with E-state index >= 15 is 0 Å². The number of hydrogen-bond acceptors (Lipinski definition) is 5. The van der Waals surface area contributed by atoms with Crippen LogP contribution in [0.15, 0.2) is 40.3 Å². The van der Waals surface area contributed by atoms with Crippen LogP contribution >= 0.6 is 0 Å². The highest BCUT2D eigenvalue weighted by Crippen LogP contribution is 2.20. The SMILES string of the molecule is CCNS(=O)(=O)c1ccc(NS(=O)(=O)c2cn(CC)nc2C)cc1. The third-order valence-corrected chi connectivity index (χ3v) is 6.31. The second-order valence-corrected chi connectivity index (χ2v) is 8.48. The first-order chi connectivity index (χ1) is 11.2. The molecule has 1 heterocycles. The number of aryl methyl sites for hydroxylation is 2. The largest absolute Gasteiger partial charge is 0.280 e. The summed E-state index contributed by atoms with van der Waals surface area (Å²) < 4.78 is 55.0. The third kappa shape index (κ3) is 3.94. The Labute approximate surface area is 142 Å². The summed E-state index contributed by atoms with van der Waals surface area (Å²) in [5.74, 6) is 0. The van der Waals surface area contributed by atoms with Gasteiger partial charge in [0.15, 0.2) is 0 Å². The average Bonchev–Trinajstić information content (AvgIpc) is 2.89. The maximum Gasteiger partial charge on any atom is 0.265 e. The van der Waals surface area contributed by atoms with Gasteiger partial charge in [0.25, 0.3) is 10.0 Å². The molecular weight excluding hydrogens is 352 g/mol. The van der Waals surface area contributed by atoms with E-state index < -0.39 is 20.0 Å². The predicted octanol–water partition coefficient (Wildman–Crippen LogP) is 1.31. The zero-order valence-corrected chi connectivity index (χ0v) is 15.3. The van der Waals surface area contributed by atoms with E-state index in [0.29, 0.717) is 12.2 Å². The molecule has 0 aliphatic rings. The van der Waals surface area contributed by atoms with Crippen LogP contribution in [0.5, 0.6) is 0 Å². The van der Waals surface area contributed by atoms with Crippen LogP contribution in [0, 0.1) is 6.92 Å². The van der Waals surface area contributed by atoms with Gasteiger partial charge >= 0.3 is 0 Å². The number of hydrogen-bond donors (Lipinski definition) is 2. The fourth-order valence-corrected chi connectivity index (χ4v) is 4.40. The molecule has 0 spiro atoms. The highest BCUT2D eigenvalue weighted by Gasteiger charge is 2.20. The maximum absolute atomic E-state index is 12.4. The molecule has 24 heavy (non-hydrogen) atoms. The van der Waals surface area contributed by atoms with Gasteiger partial charge in [-0.1, -0.05) is 6.92 Å². The Kier molecular flexibility index (Phi) is 5.31. The smallest absolute Gasteiger partial charge is 0.265 e. The summed E-state index contributed by atoms with van der Waals surface area (Å²) in [6.45, 7) is 6.00. The molecule has 0 saturated heterocycles. The molecule has 2 N–H and O–H groups in total. The third-order valence-electron chi connectivity index (χ3n) is 3.27. The van der Waals surface area contributed by atoms with Crippen molar-refractivity contribution in [2.75, 3.05) is 11.3 Å². The zero-order chi connectivity index (χ0) is 18.0. The van der Waals surface area contributed by atoms with Crippen molar-refractivity contribution in [3.8, 4) is 0 Å². The molecule has 132 valence electrons. The number of nitrogens with one attached hydrogen (secondary N) is 2. The van der Waals surface area contributed by atoms with Crippen molar-refractivity contribution in [1.29, 1.82) is 0 Å². The van der Waals surface area contributed by atoms with E-state index in [0.717, 1.165) is 0 Å². The van der Waals surface area contributed by atoms with E-state index in [9.17, 15) is 16.8 Å². The maximum atomic E-state index is 12.4. The van der Waals surface area contributed by atoms with E-state index in [2.05, 4.69) is 14.5 Å². The van der Waals surface area contributed by atoms with Gasteiger partial charge in [0.2, 0.25) is 10.0 Å². The van der Waals surface area contributed by atoms with Crippen molar-refractivity contribution in [2.24, 2.45) is 0 Å². The highest BCUT2D eigenvalue weighted by molar-refractivity contribution is 7.92. The van der Waals surface area contributed by atoms with Gasteiger partial charge in [0, 0.05) is 25.0 Å². The Morgan fingerprint density at radius 3 is 2.17 bits per heavy atom. The van der Waals surface area contributed by atoms with Crippen LogP contribution < -0.4 is 9.44 Å². The first-order valence-electron chi connectivity index (χ1n) is 7.36. The summed E-state index contributed by atoms with van der Waals surface area (Å²) in [4.78, 5) is 0.163. The van der Waals surface area contributed by atoms with E-state index in [-0.39, 0.29) is 22.0 Å². The number of rotatable bonds is 7. The van der Waals surface area contributed by atoms with Crippen LogP contribution in [0.25, 0.3) is 0 Å². The van der Waals surface area contributed by atoms with Gasteiger partial charge in [0.1, 0.15) is 4.90 Å². The molecule has 2 rings (SSSR count). The molecule has 0 bridgehead atoms. The molecular formula is C14H20N4O4S2. The molecule has 0 amide bonds. The molecule has 10 heteroatoms. The molecule has 0 aliphatic carbocycles. The molecule has 1 aromatic carbocycles. The fourth-order valence-electron chi connectivity index (χ4n) is 2.11. The van der Waals surface area contributed by atoms with Crippen molar-refractivity contribution in [1.82, 2.24) is 14.5 Å². The summed E-state index contributed by atoms with van der Waals surface area (Å²) in [5, 5.41) is 4.11. The lowest BCUT2D eigenvalue weighted by Gasteiger charge is -2.08. The number of anilines is 1.